The van der Waals surface area contributed by atoms with Crippen LogP contribution in [0.15, 0.2) is 36.7 Å². The first-order valence-electron chi connectivity index (χ1n) is 9.01. The number of hydrogen-bond acceptors (Lipinski definition) is 5. The van der Waals surface area contributed by atoms with Crippen molar-refractivity contribution in [3.8, 4) is 0 Å². The van der Waals surface area contributed by atoms with Gasteiger partial charge >= 0.3 is 0 Å². The molecule has 1 fully saturated rings. The Morgan fingerprint density at radius 3 is 2.59 bits per heavy atom. The topological polar surface area (TPSA) is 93.5 Å². The highest BCUT2D eigenvalue weighted by Gasteiger charge is 2.36. The van der Waals surface area contributed by atoms with Crippen molar-refractivity contribution in [2.45, 2.75) is 31.9 Å². The van der Waals surface area contributed by atoms with Crippen LogP contribution in [0.2, 0.25) is 0 Å². The third kappa shape index (κ3) is 3.61. The second-order valence-corrected chi connectivity index (χ2v) is 6.73. The van der Waals surface area contributed by atoms with E-state index in [1.165, 1.54) is 0 Å². The summed E-state index contributed by atoms with van der Waals surface area (Å²) in [5.74, 6) is -1.34. The number of imide groups is 1. The van der Waals surface area contributed by atoms with Gasteiger partial charge in [-0.3, -0.25) is 24.0 Å². The SMILES string of the molecule is O=C(CN1C(=O)c2ccccc2C1=O)Nc1cnn(CC2CCCCO2)c1. The van der Waals surface area contributed by atoms with Crippen LogP contribution in [0, 0.1) is 0 Å². The number of nitrogens with one attached hydrogen (secondary N) is 1. The first kappa shape index (κ1) is 17.4. The van der Waals surface area contributed by atoms with Gasteiger partial charge in [-0.05, 0) is 31.4 Å². The number of carbonyl (C=O) groups excluding carboxylic acids is 3. The summed E-state index contributed by atoms with van der Waals surface area (Å²) < 4.78 is 7.42. The van der Waals surface area contributed by atoms with Gasteiger partial charge in [0.15, 0.2) is 0 Å². The van der Waals surface area contributed by atoms with E-state index in [1.54, 1.807) is 41.3 Å². The Kier molecular flexibility index (Phi) is 4.72. The van der Waals surface area contributed by atoms with Gasteiger partial charge in [0.05, 0.1) is 35.7 Å². The molecule has 8 nitrogen and oxygen atoms in total. The molecule has 0 saturated carbocycles. The summed E-state index contributed by atoms with van der Waals surface area (Å²) in [6, 6.07) is 6.56. The lowest BCUT2D eigenvalue weighted by Crippen LogP contribution is -2.37. The van der Waals surface area contributed by atoms with Crippen LogP contribution in [0.4, 0.5) is 5.69 Å². The molecule has 140 valence electrons. The number of carbonyl (C=O) groups is 3. The van der Waals surface area contributed by atoms with Crippen LogP contribution >= 0.6 is 0 Å². The van der Waals surface area contributed by atoms with E-state index >= 15 is 0 Å². The summed E-state index contributed by atoms with van der Waals surface area (Å²) in [7, 11) is 0. The van der Waals surface area contributed by atoms with Crippen LogP contribution < -0.4 is 5.32 Å². The number of amides is 3. The quantitative estimate of drug-likeness (QED) is 0.811. The third-order valence-corrected chi connectivity index (χ3v) is 4.76. The molecular formula is C19H20N4O4. The Balaban J connectivity index is 1.35. The Labute approximate surface area is 156 Å². The molecular weight excluding hydrogens is 348 g/mol. The molecule has 2 aliphatic heterocycles. The Morgan fingerprint density at radius 1 is 1.19 bits per heavy atom. The van der Waals surface area contributed by atoms with Crippen molar-refractivity contribution in [2.24, 2.45) is 0 Å². The maximum Gasteiger partial charge on any atom is 0.262 e. The average Bonchev–Trinajstić information content (AvgIpc) is 3.21. The highest BCUT2D eigenvalue weighted by Crippen LogP contribution is 2.22. The second-order valence-electron chi connectivity index (χ2n) is 6.73. The van der Waals surface area contributed by atoms with Crippen molar-refractivity contribution in [1.29, 1.82) is 0 Å². The van der Waals surface area contributed by atoms with Gasteiger partial charge in [-0.2, -0.15) is 5.10 Å². The molecule has 8 heteroatoms. The van der Waals surface area contributed by atoms with Gasteiger partial charge in [0, 0.05) is 12.8 Å². The number of nitrogens with zero attached hydrogens (tertiary/aromatic N) is 3. The number of benzene rings is 1. The predicted molar refractivity (Wildman–Crippen MR) is 96.3 cm³/mol. The highest BCUT2D eigenvalue weighted by atomic mass is 16.5. The van der Waals surface area contributed by atoms with Crippen LogP contribution in [0.1, 0.15) is 40.0 Å². The molecule has 3 heterocycles. The zero-order valence-electron chi connectivity index (χ0n) is 14.8. The Morgan fingerprint density at radius 2 is 1.93 bits per heavy atom. The monoisotopic (exact) mass is 368 g/mol. The first-order chi connectivity index (χ1) is 13.1. The molecule has 4 rings (SSSR count). The molecule has 0 bridgehead atoms. The number of hydrogen-bond donors (Lipinski definition) is 1. The number of ether oxygens (including phenoxy) is 1. The van der Waals surface area contributed by atoms with Crippen molar-refractivity contribution in [3.05, 3.63) is 47.8 Å². The summed E-state index contributed by atoms with van der Waals surface area (Å²) in [5.41, 5.74) is 1.18. The average molecular weight is 368 g/mol. The minimum absolute atomic E-state index is 0.139. The third-order valence-electron chi connectivity index (χ3n) is 4.76. The highest BCUT2D eigenvalue weighted by molar-refractivity contribution is 6.22. The van der Waals surface area contributed by atoms with E-state index in [2.05, 4.69) is 10.4 Å². The summed E-state index contributed by atoms with van der Waals surface area (Å²) in [6.45, 7) is 1.08. The molecule has 0 spiro atoms. The van der Waals surface area contributed by atoms with Gasteiger partial charge < -0.3 is 10.1 Å². The minimum atomic E-state index is -0.448. The largest absolute Gasteiger partial charge is 0.376 e. The molecule has 0 aliphatic carbocycles. The standard InChI is InChI=1S/C19H20N4O4/c24-17(12-23-18(25)15-6-1-2-7-16(15)19(23)26)21-13-9-20-22(10-13)11-14-5-3-4-8-27-14/h1-2,6-7,9-10,14H,3-5,8,11-12H2,(H,21,24). The van der Waals surface area contributed by atoms with E-state index in [1.807, 2.05) is 0 Å². The number of fused-ring (bicyclic) bond motifs is 1. The molecule has 3 amide bonds. The van der Waals surface area contributed by atoms with E-state index in [9.17, 15) is 14.4 Å². The van der Waals surface area contributed by atoms with Gasteiger partial charge in [-0.1, -0.05) is 12.1 Å². The number of rotatable bonds is 5. The van der Waals surface area contributed by atoms with Crippen LogP contribution in [0.25, 0.3) is 0 Å². The molecule has 0 radical (unpaired) electrons. The summed E-state index contributed by atoms with van der Waals surface area (Å²) in [6.07, 6.45) is 6.65. The fourth-order valence-electron chi connectivity index (χ4n) is 3.41. The molecule has 2 aromatic rings. The maximum absolute atomic E-state index is 12.3. The molecule has 1 saturated heterocycles. The molecule has 1 aromatic carbocycles. The smallest absolute Gasteiger partial charge is 0.262 e. The van der Waals surface area contributed by atoms with Gasteiger partial charge in [-0.25, -0.2) is 0 Å². The number of aromatic nitrogens is 2. The van der Waals surface area contributed by atoms with Crippen LogP contribution in [0.5, 0.6) is 0 Å². The molecule has 27 heavy (non-hydrogen) atoms. The van der Waals surface area contributed by atoms with Crippen molar-refractivity contribution < 1.29 is 19.1 Å². The Bertz CT molecular complexity index is 850. The van der Waals surface area contributed by atoms with E-state index in [0.717, 1.165) is 30.8 Å². The van der Waals surface area contributed by atoms with E-state index < -0.39 is 17.7 Å². The summed E-state index contributed by atoms with van der Waals surface area (Å²) in [4.78, 5) is 37.9. The van der Waals surface area contributed by atoms with Crippen LogP contribution in [-0.4, -0.2) is 51.7 Å². The lowest BCUT2D eigenvalue weighted by molar-refractivity contribution is -0.116. The lowest BCUT2D eigenvalue weighted by Gasteiger charge is -2.22. The maximum atomic E-state index is 12.3. The van der Waals surface area contributed by atoms with Crippen LogP contribution in [0.3, 0.4) is 0 Å². The van der Waals surface area contributed by atoms with E-state index in [4.69, 9.17) is 4.74 Å². The molecule has 1 unspecified atom stereocenters. The molecule has 1 N–H and O–H groups in total. The van der Waals surface area contributed by atoms with Gasteiger partial charge in [0.1, 0.15) is 6.54 Å². The van der Waals surface area contributed by atoms with E-state index in [-0.39, 0.29) is 12.6 Å². The second kappa shape index (κ2) is 7.32. The van der Waals surface area contributed by atoms with E-state index in [0.29, 0.717) is 23.4 Å². The van der Waals surface area contributed by atoms with Gasteiger partial charge in [0.2, 0.25) is 5.91 Å². The zero-order valence-corrected chi connectivity index (χ0v) is 14.8. The fraction of sp³-hybridized carbons (Fsp3) is 0.368. The molecule has 2 aliphatic rings. The minimum Gasteiger partial charge on any atom is -0.376 e. The lowest BCUT2D eigenvalue weighted by atomic mass is 10.1. The summed E-state index contributed by atoms with van der Waals surface area (Å²) >= 11 is 0. The van der Waals surface area contributed by atoms with Crippen molar-refractivity contribution in [3.63, 3.8) is 0 Å². The first-order valence-corrected chi connectivity index (χ1v) is 9.01. The zero-order chi connectivity index (χ0) is 18.8. The van der Waals surface area contributed by atoms with Crippen molar-refractivity contribution in [1.82, 2.24) is 14.7 Å². The van der Waals surface area contributed by atoms with Gasteiger partial charge in [-0.15, -0.1) is 0 Å². The number of anilines is 1. The fourth-order valence-corrected chi connectivity index (χ4v) is 3.41. The molecule has 1 aromatic heterocycles. The summed E-state index contributed by atoms with van der Waals surface area (Å²) in [5, 5.41) is 6.92. The normalized spacial score (nSPS) is 19.3. The van der Waals surface area contributed by atoms with Crippen LogP contribution in [-0.2, 0) is 16.1 Å². The van der Waals surface area contributed by atoms with Crippen molar-refractivity contribution >= 4 is 23.4 Å². The van der Waals surface area contributed by atoms with Crippen molar-refractivity contribution in [2.75, 3.05) is 18.5 Å². The predicted octanol–water partition coefficient (Wildman–Crippen LogP) is 1.69. The molecule has 1 atom stereocenters. The van der Waals surface area contributed by atoms with Gasteiger partial charge in [0.25, 0.3) is 11.8 Å². The Hall–Kier alpha value is -3.00.